The van der Waals surface area contributed by atoms with Gasteiger partial charge in [-0.1, -0.05) is 12.5 Å². The second-order valence-corrected chi connectivity index (χ2v) is 6.75. The smallest absolute Gasteiger partial charge is 0.165 e. The Morgan fingerprint density at radius 2 is 1.96 bits per heavy atom. The lowest BCUT2D eigenvalue weighted by Crippen LogP contribution is -2.08. The minimum absolute atomic E-state index is 0.742. The molecule has 0 aliphatic carbocycles. The molecule has 0 atom stereocenters. The minimum atomic E-state index is 0.742. The summed E-state index contributed by atoms with van der Waals surface area (Å²) in [6.45, 7) is 1.75. The maximum absolute atomic E-state index is 5.38. The monoisotopic (exact) mass is 367 g/mol. The molecule has 0 bridgehead atoms. The molecule has 1 aromatic carbocycles. The lowest BCUT2D eigenvalue weighted by molar-refractivity contribution is 0.354. The third kappa shape index (κ3) is 3.54. The zero-order valence-corrected chi connectivity index (χ0v) is 15.9. The Balaban J connectivity index is 1.49. The summed E-state index contributed by atoms with van der Waals surface area (Å²) in [5, 5.41) is 3.43. The van der Waals surface area contributed by atoms with E-state index in [1.54, 1.807) is 20.5 Å². The van der Waals surface area contributed by atoms with Crippen LogP contribution < -0.4 is 14.8 Å². The molecular weight excluding hydrogens is 342 g/mol. The van der Waals surface area contributed by atoms with Crippen LogP contribution in [0.25, 0.3) is 11.2 Å². The van der Waals surface area contributed by atoms with E-state index in [-0.39, 0.29) is 0 Å². The average Bonchev–Trinajstić information content (AvgIpc) is 2.90. The summed E-state index contributed by atoms with van der Waals surface area (Å²) in [5.74, 6) is 3.43. The third-order valence-corrected chi connectivity index (χ3v) is 5.05. The molecule has 142 valence electrons. The van der Waals surface area contributed by atoms with Gasteiger partial charge in [0.05, 0.1) is 14.2 Å². The van der Waals surface area contributed by atoms with Gasteiger partial charge in [-0.05, 0) is 37.0 Å². The molecule has 1 aliphatic heterocycles. The molecule has 7 nitrogen and oxygen atoms in total. The molecule has 27 heavy (non-hydrogen) atoms. The van der Waals surface area contributed by atoms with Gasteiger partial charge in [0.1, 0.15) is 12.2 Å². The summed E-state index contributed by atoms with van der Waals surface area (Å²) >= 11 is 0. The summed E-state index contributed by atoms with van der Waals surface area (Å²) in [6, 6.07) is 6.00. The van der Waals surface area contributed by atoms with Crippen LogP contribution in [0.5, 0.6) is 11.5 Å². The van der Waals surface area contributed by atoms with E-state index in [0.717, 1.165) is 60.2 Å². The number of hydrogen-bond donors (Lipinski definition) is 1. The van der Waals surface area contributed by atoms with Gasteiger partial charge in [0.2, 0.25) is 0 Å². The number of fused-ring (bicyclic) bond motifs is 3. The van der Waals surface area contributed by atoms with Gasteiger partial charge in [0.25, 0.3) is 0 Å². The fourth-order valence-electron chi connectivity index (χ4n) is 3.63. The second kappa shape index (κ2) is 7.82. The number of rotatable bonds is 6. The number of imidazole rings is 1. The Morgan fingerprint density at radius 3 is 2.81 bits per heavy atom. The molecule has 1 N–H and O–H groups in total. The van der Waals surface area contributed by atoms with E-state index in [0.29, 0.717) is 0 Å². The Hall–Kier alpha value is -2.83. The zero-order valence-electron chi connectivity index (χ0n) is 15.9. The Labute approximate surface area is 158 Å². The highest BCUT2D eigenvalue weighted by Gasteiger charge is 2.17. The van der Waals surface area contributed by atoms with Crippen LogP contribution in [0.15, 0.2) is 24.5 Å². The van der Waals surface area contributed by atoms with E-state index in [1.807, 2.05) is 12.1 Å². The van der Waals surface area contributed by atoms with Gasteiger partial charge in [-0.3, -0.25) is 0 Å². The van der Waals surface area contributed by atoms with Crippen molar-refractivity contribution in [2.24, 2.45) is 0 Å². The van der Waals surface area contributed by atoms with Gasteiger partial charge in [-0.2, -0.15) is 0 Å². The molecule has 3 aromatic rings. The van der Waals surface area contributed by atoms with Crippen LogP contribution in [0.2, 0.25) is 0 Å². The minimum Gasteiger partial charge on any atom is -0.493 e. The zero-order chi connectivity index (χ0) is 18.6. The van der Waals surface area contributed by atoms with E-state index in [2.05, 4.69) is 25.9 Å². The fourth-order valence-corrected chi connectivity index (χ4v) is 3.63. The third-order valence-electron chi connectivity index (χ3n) is 5.05. The first-order valence-corrected chi connectivity index (χ1v) is 9.45. The van der Waals surface area contributed by atoms with Crippen LogP contribution >= 0.6 is 0 Å². The number of aromatic nitrogens is 4. The summed E-state index contributed by atoms with van der Waals surface area (Å²) in [6.07, 6.45) is 7.12. The van der Waals surface area contributed by atoms with Crippen LogP contribution in [-0.2, 0) is 19.4 Å². The highest BCUT2D eigenvalue weighted by molar-refractivity contribution is 5.83. The molecule has 0 saturated carbocycles. The molecule has 7 heteroatoms. The summed E-state index contributed by atoms with van der Waals surface area (Å²) in [7, 11) is 3.30. The summed E-state index contributed by atoms with van der Waals surface area (Å²) < 4.78 is 12.9. The topological polar surface area (TPSA) is 74.1 Å². The van der Waals surface area contributed by atoms with E-state index in [1.165, 1.54) is 24.8 Å². The standard InChI is InChI=1S/C20H25N5O2/c1-26-15-8-7-14(12-16(15)27-2)9-10-21-19-18-20(23-13-22-19)25-11-5-3-4-6-17(25)24-18/h7-8,12-13H,3-6,9-11H2,1-2H3,(H,21,22,23). The molecule has 0 spiro atoms. The first kappa shape index (κ1) is 17.6. The molecule has 0 unspecified atom stereocenters. The van der Waals surface area contributed by atoms with Crippen LogP contribution in [0.1, 0.15) is 30.7 Å². The Kier molecular flexibility index (Phi) is 5.09. The van der Waals surface area contributed by atoms with Crippen molar-refractivity contribution in [1.82, 2.24) is 19.5 Å². The van der Waals surface area contributed by atoms with Crippen molar-refractivity contribution in [3.8, 4) is 11.5 Å². The summed E-state index contributed by atoms with van der Waals surface area (Å²) in [5.41, 5.74) is 2.99. The highest BCUT2D eigenvalue weighted by Crippen LogP contribution is 2.28. The molecule has 1 aliphatic rings. The lowest BCUT2D eigenvalue weighted by Gasteiger charge is -2.10. The number of methoxy groups -OCH3 is 2. The second-order valence-electron chi connectivity index (χ2n) is 6.75. The molecule has 2 aromatic heterocycles. The fraction of sp³-hybridized carbons (Fsp3) is 0.450. The molecule has 4 rings (SSSR count). The number of aryl methyl sites for hydroxylation is 2. The van der Waals surface area contributed by atoms with E-state index in [9.17, 15) is 0 Å². The number of benzene rings is 1. The SMILES string of the molecule is COc1ccc(CCNc2ncnc3c2nc2n3CCCCC2)cc1OC. The number of nitrogens with one attached hydrogen (secondary N) is 1. The summed E-state index contributed by atoms with van der Waals surface area (Å²) in [4.78, 5) is 13.7. The van der Waals surface area contributed by atoms with Gasteiger partial charge in [0, 0.05) is 19.5 Å². The predicted octanol–water partition coefficient (Wildman–Crippen LogP) is 3.22. The van der Waals surface area contributed by atoms with E-state index < -0.39 is 0 Å². The average molecular weight is 367 g/mol. The molecule has 0 fully saturated rings. The number of anilines is 1. The van der Waals surface area contributed by atoms with Gasteiger partial charge < -0.3 is 19.4 Å². The normalized spacial score (nSPS) is 13.9. The van der Waals surface area contributed by atoms with Gasteiger partial charge in [0.15, 0.2) is 28.5 Å². The maximum Gasteiger partial charge on any atom is 0.165 e. The van der Waals surface area contributed by atoms with E-state index in [4.69, 9.17) is 14.5 Å². The maximum atomic E-state index is 5.38. The number of nitrogens with zero attached hydrogens (tertiary/aromatic N) is 4. The van der Waals surface area contributed by atoms with Crippen molar-refractivity contribution in [2.45, 2.75) is 38.6 Å². The first-order chi connectivity index (χ1) is 13.3. The molecule has 0 amide bonds. The Morgan fingerprint density at radius 1 is 1.07 bits per heavy atom. The van der Waals surface area contributed by atoms with Crippen molar-refractivity contribution in [1.29, 1.82) is 0 Å². The first-order valence-electron chi connectivity index (χ1n) is 9.45. The largest absolute Gasteiger partial charge is 0.493 e. The van der Waals surface area contributed by atoms with Crippen molar-refractivity contribution < 1.29 is 9.47 Å². The molecule has 0 radical (unpaired) electrons. The lowest BCUT2D eigenvalue weighted by atomic mass is 10.1. The van der Waals surface area contributed by atoms with E-state index >= 15 is 0 Å². The van der Waals surface area contributed by atoms with Gasteiger partial charge in [-0.25, -0.2) is 15.0 Å². The number of ether oxygens (including phenoxy) is 2. The molecule has 3 heterocycles. The predicted molar refractivity (Wildman–Crippen MR) is 105 cm³/mol. The molecular formula is C20H25N5O2. The number of hydrogen-bond acceptors (Lipinski definition) is 6. The van der Waals surface area contributed by atoms with Crippen LogP contribution in [-0.4, -0.2) is 40.3 Å². The van der Waals surface area contributed by atoms with Crippen LogP contribution in [0.3, 0.4) is 0 Å². The van der Waals surface area contributed by atoms with Gasteiger partial charge >= 0.3 is 0 Å². The Bertz CT molecular complexity index is 938. The van der Waals surface area contributed by atoms with Crippen LogP contribution in [0.4, 0.5) is 5.82 Å². The van der Waals surface area contributed by atoms with Crippen molar-refractivity contribution >= 4 is 17.0 Å². The highest BCUT2D eigenvalue weighted by atomic mass is 16.5. The van der Waals surface area contributed by atoms with Crippen molar-refractivity contribution in [2.75, 3.05) is 26.1 Å². The van der Waals surface area contributed by atoms with Crippen molar-refractivity contribution in [3.63, 3.8) is 0 Å². The van der Waals surface area contributed by atoms with Crippen LogP contribution in [0, 0.1) is 0 Å². The quantitative estimate of drug-likeness (QED) is 0.721. The van der Waals surface area contributed by atoms with Gasteiger partial charge in [-0.15, -0.1) is 0 Å². The molecule has 0 saturated heterocycles. The van der Waals surface area contributed by atoms with Crippen molar-refractivity contribution in [3.05, 3.63) is 35.9 Å².